The molecule has 2 rings (SSSR count). The van der Waals surface area contributed by atoms with E-state index in [0.29, 0.717) is 0 Å². The third-order valence-electron chi connectivity index (χ3n) is 3.06. The van der Waals surface area contributed by atoms with Crippen molar-refractivity contribution in [1.29, 1.82) is 0 Å². The normalized spacial score (nSPS) is 19.1. The monoisotopic (exact) mass is 223 g/mol. The molecule has 1 N–H and O–H groups in total. The molecule has 1 aromatic rings. The van der Waals surface area contributed by atoms with E-state index in [4.69, 9.17) is 4.42 Å². The minimum atomic E-state index is 0.881. The largest absolute Gasteiger partial charge is 0.468 e. The molecule has 1 aromatic heterocycles. The lowest BCUT2D eigenvalue weighted by atomic mass is 10.2. The molecule has 1 aliphatic heterocycles. The minimum absolute atomic E-state index is 0.881. The van der Waals surface area contributed by atoms with Crippen LogP contribution in [0.5, 0.6) is 0 Å². The molecule has 1 saturated heterocycles. The summed E-state index contributed by atoms with van der Waals surface area (Å²) in [6.45, 7) is 6.41. The lowest BCUT2D eigenvalue weighted by Gasteiger charge is -2.31. The van der Waals surface area contributed by atoms with Gasteiger partial charge in [-0.2, -0.15) is 0 Å². The van der Waals surface area contributed by atoms with Crippen LogP contribution in [0.2, 0.25) is 0 Å². The summed E-state index contributed by atoms with van der Waals surface area (Å²) in [6.07, 6.45) is 1.85. The molecule has 0 radical (unpaired) electrons. The van der Waals surface area contributed by atoms with Gasteiger partial charge in [0.1, 0.15) is 5.76 Å². The highest BCUT2D eigenvalue weighted by molar-refractivity contribution is 5.12. The highest BCUT2D eigenvalue weighted by Crippen LogP contribution is 2.11. The van der Waals surface area contributed by atoms with E-state index in [1.54, 1.807) is 0 Å². The Morgan fingerprint density at radius 2 is 2.06 bits per heavy atom. The van der Waals surface area contributed by atoms with Crippen LogP contribution in [0.1, 0.15) is 11.3 Å². The fourth-order valence-corrected chi connectivity index (χ4v) is 2.03. The summed E-state index contributed by atoms with van der Waals surface area (Å²) in [6, 6.07) is 2.15. The lowest BCUT2D eigenvalue weighted by Crippen LogP contribution is -2.43. The van der Waals surface area contributed by atoms with E-state index >= 15 is 0 Å². The Morgan fingerprint density at radius 1 is 1.31 bits per heavy atom. The molecule has 16 heavy (non-hydrogen) atoms. The van der Waals surface area contributed by atoms with Crippen molar-refractivity contribution in [2.24, 2.45) is 0 Å². The average molecular weight is 223 g/mol. The number of nitrogens with one attached hydrogen (secondary N) is 1. The van der Waals surface area contributed by atoms with Crippen molar-refractivity contribution in [3.63, 3.8) is 0 Å². The van der Waals surface area contributed by atoms with E-state index < -0.39 is 0 Å². The van der Waals surface area contributed by atoms with Crippen molar-refractivity contribution in [1.82, 2.24) is 15.1 Å². The highest BCUT2D eigenvalue weighted by Gasteiger charge is 2.15. The molecule has 1 aliphatic rings. The average Bonchev–Trinajstić information content (AvgIpc) is 2.70. The van der Waals surface area contributed by atoms with Crippen LogP contribution in [0, 0.1) is 0 Å². The molecule has 0 saturated carbocycles. The molecule has 0 spiro atoms. The minimum Gasteiger partial charge on any atom is -0.468 e. The number of piperazine rings is 1. The number of rotatable bonds is 4. The van der Waals surface area contributed by atoms with Crippen molar-refractivity contribution in [3.8, 4) is 0 Å². The number of hydrogen-bond acceptors (Lipinski definition) is 4. The summed E-state index contributed by atoms with van der Waals surface area (Å²) in [5, 5.41) is 3.13. The molecule has 4 heteroatoms. The molecule has 0 bridgehead atoms. The summed E-state index contributed by atoms with van der Waals surface area (Å²) in [5.74, 6) is 1.08. The van der Waals surface area contributed by atoms with Gasteiger partial charge >= 0.3 is 0 Å². The molecule has 0 unspecified atom stereocenters. The van der Waals surface area contributed by atoms with Crippen LogP contribution >= 0.6 is 0 Å². The van der Waals surface area contributed by atoms with Gasteiger partial charge in [0, 0.05) is 38.3 Å². The Labute approximate surface area is 97.2 Å². The second-order valence-corrected chi connectivity index (χ2v) is 4.53. The first kappa shape index (κ1) is 11.6. The predicted molar refractivity (Wildman–Crippen MR) is 64.2 cm³/mol. The van der Waals surface area contributed by atoms with E-state index in [1.165, 1.54) is 5.56 Å². The zero-order valence-corrected chi connectivity index (χ0v) is 10.2. The molecule has 0 amide bonds. The third-order valence-corrected chi connectivity index (χ3v) is 3.06. The Hall–Kier alpha value is -0.840. The quantitative estimate of drug-likeness (QED) is 0.816. The van der Waals surface area contributed by atoms with Gasteiger partial charge in [0.2, 0.25) is 0 Å². The summed E-state index contributed by atoms with van der Waals surface area (Å²) < 4.78 is 5.55. The molecule has 1 fully saturated rings. The molecule has 0 aliphatic carbocycles. The maximum Gasteiger partial charge on any atom is 0.118 e. The summed E-state index contributed by atoms with van der Waals surface area (Å²) >= 11 is 0. The summed E-state index contributed by atoms with van der Waals surface area (Å²) in [7, 11) is 4.13. The van der Waals surface area contributed by atoms with Crippen molar-refractivity contribution >= 4 is 0 Å². The van der Waals surface area contributed by atoms with Crippen LogP contribution in [0.25, 0.3) is 0 Å². The van der Waals surface area contributed by atoms with Gasteiger partial charge in [0.05, 0.1) is 12.8 Å². The van der Waals surface area contributed by atoms with Gasteiger partial charge in [-0.05, 0) is 20.2 Å². The summed E-state index contributed by atoms with van der Waals surface area (Å²) in [5.41, 5.74) is 1.23. The zero-order valence-electron chi connectivity index (χ0n) is 10.2. The van der Waals surface area contributed by atoms with Crippen LogP contribution in [0.15, 0.2) is 16.7 Å². The molecular weight excluding hydrogens is 202 g/mol. The first-order valence-electron chi connectivity index (χ1n) is 5.89. The molecule has 90 valence electrons. The topological polar surface area (TPSA) is 31.7 Å². The fraction of sp³-hybridized carbons (Fsp3) is 0.667. The van der Waals surface area contributed by atoms with Gasteiger partial charge in [-0.25, -0.2) is 0 Å². The number of nitrogens with zero attached hydrogens (tertiary/aromatic N) is 2. The first-order chi connectivity index (χ1) is 7.78. The van der Waals surface area contributed by atoms with Gasteiger partial charge in [0.25, 0.3) is 0 Å². The van der Waals surface area contributed by atoms with E-state index in [2.05, 4.69) is 28.2 Å². The Morgan fingerprint density at radius 3 is 2.75 bits per heavy atom. The lowest BCUT2D eigenvalue weighted by molar-refractivity contribution is 0.140. The molecule has 0 atom stereocenters. The Bertz CT molecular complexity index is 316. The van der Waals surface area contributed by atoms with Crippen molar-refractivity contribution < 1.29 is 4.42 Å². The van der Waals surface area contributed by atoms with Gasteiger partial charge in [0.15, 0.2) is 0 Å². The standard InChI is InChI=1S/C12H21N3O/c1-13-8-11-7-12(16-10-11)9-15-5-3-14(2)4-6-15/h7,10,13H,3-6,8-9H2,1-2H3. The molecule has 2 heterocycles. The third kappa shape index (κ3) is 3.07. The second-order valence-electron chi connectivity index (χ2n) is 4.53. The van der Waals surface area contributed by atoms with E-state index in [1.807, 2.05) is 13.3 Å². The van der Waals surface area contributed by atoms with Crippen molar-refractivity contribution in [2.75, 3.05) is 40.3 Å². The van der Waals surface area contributed by atoms with E-state index in [-0.39, 0.29) is 0 Å². The maximum atomic E-state index is 5.55. The predicted octanol–water partition coefficient (Wildman–Crippen LogP) is 0.746. The zero-order chi connectivity index (χ0) is 11.4. The second kappa shape index (κ2) is 5.48. The fourth-order valence-electron chi connectivity index (χ4n) is 2.03. The molecular formula is C12H21N3O. The molecule has 4 nitrogen and oxygen atoms in total. The van der Waals surface area contributed by atoms with Gasteiger partial charge < -0.3 is 14.6 Å². The van der Waals surface area contributed by atoms with E-state index in [0.717, 1.165) is 45.0 Å². The maximum absolute atomic E-state index is 5.55. The van der Waals surface area contributed by atoms with Crippen molar-refractivity contribution in [2.45, 2.75) is 13.1 Å². The smallest absolute Gasteiger partial charge is 0.118 e. The van der Waals surface area contributed by atoms with Crippen LogP contribution in [-0.4, -0.2) is 50.1 Å². The van der Waals surface area contributed by atoms with Gasteiger partial charge in [-0.3, -0.25) is 4.90 Å². The Balaban J connectivity index is 1.83. The summed E-state index contributed by atoms with van der Waals surface area (Å²) in [4.78, 5) is 4.81. The van der Waals surface area contributed by atoms with Gasteiger partial charge in [-0.1, -0.05) is 0 Å². The van der Waals surface area contributed by atoms with E-state index in [9.17, 15) is 0 Å². The van der Waals surface area contributed by atoms with Gasteiger partial charge in [-0.15, -0.1) is 0 Å². The van der Waals surface area contributed by atoms with Crippen LogP contribution in [-0.2, 0) is 13.1 Å². The Kier molecular flexibility index (Phi) is 3.98. The number of furan rings is 1. The highest BCUT2D eigenvalue weighted by atomic mass is 16.3. The molecule has 0 aromatic carbocycles. The number of likely N-dealkylation sites (N-methyl/N-ethyl adjacent to an activating group) is 1. The first-order valence-corrected chi connectivity index (χ1v) is 5.89. The van der Waals surface area contributed by atoms with Crippen LogP contribution in [0.4, 0.5) is 0 Å². The van der Waals surface area contributed by atoms with Crippen LogP contribution in [0.3, 0.4) is 0 Å². The van der Waals surface area contributed by atoms with Crippen LogP contribution < -0.4 is 5.32 Å². The van der Waals surface area contributed by atoms with Crippen molar-refractivity contribution in [3.05, 3.63) is 23.7 Å². The number of hydrogen-bond donors (Lipinski definition) is 1. The SMILES string of the molecule is CNCc1coc(CN2CCN(C)CC2)c1.